The Hall–Kier alpha value is -9.73. The Bertz CT molecular complexity index is 4570. The van der Waals surface area contributed by atoms with Crippen molar-refractivity contribution in [3.63, 3.8) is 0 Å². The van der Waals surface area contributed by atoms with E-state index in [0.29, 0.717) is 0 Å². The molecule has 0 aliphatic heterocycles. The third-order valence-electron chi connectivity index (χ3n) is 15.7. The van der Waals surface area contributed by atoms with Crippen LogP contribution in [0.15, 0.2) is 357 Å². The summed E-state index contributed by atoms with van der Waals surface area (Å²) in [5.74, 6) is 0. The van der Waals surface area contributed by atoms with E-state index in [2.05, 4.69) is 274 Å². The van der Waals surface area contributed by atoms with E-state index in [1.54, 1.807) is 12.4 Å². The Morgan fingerprint density at radius 3 is 1.06 bits per heavy atom. The molecule has 0 radical (unpaired) electrons. The molecule has 1 aliphatic carbocycles. The molecule has 0 atom stereocenters. The molecule has 0 fully saturated rings. The van der Waals surface area contributed by atoms with Gasteiger partial charge in [-0.05, 0) is 123 Å². The van der Waals surface area contributed by atoms with Crippen molar-refractivity contribution in [2.75, 3.05) is 0 Å². The first-order valence-corrected chi connectivity index (χ1v) is 37.0. The van der Waals surface area contributed by atoms with E-state index in [9.17, 15) is 0 Å². The van der Waals surface area contributed by atoms with Crippen LogP contribution in [0.25, 0.3) is 96.5 Å². The Labute approximate surface area is 646 Å². The number of pyridine rings is 2. The summed E-state index contributed by atoms with van der Waals surface area (Å²) in [6, 6.07) is 115. The summed E-state index contributed by atoms with van der Waals surface area (Å²) in [5.41, 5.74) is 11.5. The second kappa shape index (κ2) is 49.8. The zero-order valence-corrected chi connectivity index (χ0v) is 69.2. The fourth-order valence-electron chi connectivity index (χ4n) is 11.3. The molecule has 4 heterocycles. The molecule has 18 rings (SSSR count). The van der Waals surface area contributed by atoms with Gasteiger partial charge in [0.2, 0.25) is 0 Å². The molecule has 0 N–H and O–H groups in total. The minimum Gasteiger partial charge on any atom is -0.456 e. The summed E-state index contributed by atoms with van der Waals surface area (Å²) < 4.78 is 8.41. The SMILES string of the molecule is CC.CC.CC.CC.CC.CC.CC1(C)c2ccccc2-c2ccccc21.Cc1cc2ccccc2c2ccccc12.Cc1ccccc1.[CH3-].[U].c1ccc2c(c1)oc1ccccc12.c1ccc2c(c1)sc1ccccc12.c1ccc2ccccc2c1.c1ccc2ncccc2c1.c1ccncc1. The molecule has 0 saturated heterocycles. The largest absolute Gasteiger partial charge is 0.456 e. The van der Waals surface area contributed by atoms with Gasteiger partial charge in [0.25, 0.3) is 0 Å². The second-order valence-corrected chi connectivity index (χ2v) is 23.2. The van der Waals surface area contributed by atoms with E-state index in [0.717, 1.165) is 16.7 Å². The maximum atomic E-state index is 5.65. The van der Waals surface area contributed by atoms with Crippen molar-refractivity contribution >= 4 is 96.7 Å². The minimum absolute atomic E-state index is 0. The van der Waals surface area contributed by atoms with Gasteiger partial charge in [-0.1, -0.05) is 388 Å². The zero-order valence-electron chi connectivity index (χ0n) is 64.2. The predicted molar refractivity (Wildman–Crippen MR) is 459 cm³/mol. The van der Waals surface area contributed by atoms with E-state index in [1.165, 1.54) is 102 Å². The third kappa shape index (κ3) is 25.3. The van der Waals surface area contributed by atoms with E-state index in [1.807, 2.05) is 198 Å². The van der Waals surface area contributed by atoms with Gasteiger partial charge < -0.3 is 11.8 Å². The molecule has 0 unspecified atom stereocenters. The monoisotopic (exact) mass is 1600 g/mol. The van der Waals surface area contributed by atoms with Crippen LogP contribution in [-0.2, 0) is 5.41 Å². The number of hydrogen-bond acceptors (Lipinski definition) is 4. The molecular formula is C98H109N2OSU-. The molecule has 0 saturated carbocycles. The number of rotatable bonds is 0. The summed E-state index contributed by atoms with van der Waals surface area (Å²) in [4.78, 5) is 7.97. The molecule has 0 amide bonds. The maximum Gasteiger partial charge on any atom is 0.135 e. The van der Waals surface area contributed by atoms with Crippen LogP contribution in [0.2, 0.25) is 0 Å². The number of hydrogen-bond donors (Lipinski definition) is 0. The number of thiophene rings is 1. The Kier molecular flexibility index (Phi) is 42.3. The molecule has 13 aromatic carbocycles. The van der Waals surface area contributed by atoms with Crippen LogP contribution >= 0.6 is 11.3 Å². The normalized spacial score (nSPS) is 10.1. The smallest absolute Gasteiger partial charge is 0.135 e. The summed E-state index contributed by atoms with van der Waals surface area (Å²) >= 11 is 1.86. The van der Waals surface area contributed by atoms with Crippen molar-refractivity contribution in [2.45, 2.75) is 116 Å². The molecule has 528 valence electrons. The number of nitrogens with zero attached hydrogens (tertiary/aromatic N) is 2. The number of aryl methyl sites for hydroxylation is 2. The van der Waals surface area contributed by atoms with Crippen molar-refractivity contribution in [1.29, 1.82) is 0 Å². The van der Waals surface area contributed by atoms with Gasteiger partial charge in [-0.2, -0.15) is 0 Å². The molecule has 103 heavy (non-hydrogen) atoms. The molecule has 17 aromatic rings. The van der Waals surface area contributed by atoms with Crippen molar-refractivity contribution in [2.24, 2.45) is 0 Å². The van der Waals surface area contributed by atoms with Gasteiger partial charge in [0, 0.05) is 91.4 Å². The van der Waals surface area contributed by atoms with Gasteiger partial charge in [-0.3, -0.25) is 9.97 Å². The van der Waals surface area contributed by atoms with Crippen LogP contribution in [0.5, 0.6) is 0 Å². The number of fused-ring (bicyclic) bond motifs is 14. The molecule has 1 aliphatic rings. The van der Waals surface area contributed by atoms with Crippen LogP contribution < -0.4 is 0 Å². The van der Waals surface area contributed by atoms with Crippen LogP contribution in [0.3, 0.4) is 0 Å². The molecular weight excluding hydrogens is 1490 g/mol. The van der Waals surface area contributed by atoms with E-state index < -0.39 is 0 Å². The number of benzene rings is 13. The average molecular weight is 1600 g/mol. The maximum absolute atomic E-state index is 5.65. The molecule has 5 heteroatoms. The van der Waals surface area contributed by atoms with E-state index >= 15 is 0 Å². The quantitative estimate of drug-likeness (QED) is 0.112. The fraction of sp³-hybridized carbons (Fsp3) is 0.173. The Morgan fingerprint density at radius 1 is 0.291 bits per heavy atom. The molecule has 0 spiro atoms. The van der Waals surface area contributed by atoms with E-state index in [4.69, 9.17) is 4.42 Å². The predicted octanol–water partition coefficient (Wildman–Crippen LogP) is 30.7. The Balaban J connectivity index is 0.000000302. The fourth-order valence-corrected chi connectivity index (χ4v) is 12.4. The topological polar surface area (TPSA) is 38.9 Å². The van der Waals surface area contributed by atoms with Gasteiger partial charge in [0.15, 0.2) is 0 Å². The van der Waals surface area contributed by atoms with Gasteiger partial charge in [-0.15, -0.1) is 11.3 Å². The summed E-state index contributed by atoms with van der Waals surface area (Å²) in [5, 5.41) is 14.3. The molecule has 0 bridgehead atoms. The van der Waals surface area contributed by atoms with Gasteiger partial charge in [0.1, 0.15) is 11.2 Å². The number of aromatic nitrogens is 2. The molecule has 4 aromatic heterocycles. The molecule has 3 nitrogen and oxygen atoms in total. The first-order chi connectivity index (χ1) is 49.8. The van der Waals surface area contributed by atoms with Crippen LogP contribution in [-0.4, -0.2) is 9.97 Å². The average Bonchev–Trinajstić information content (AvgIpc) is 1.34. The van der Waals surface area contributed by atoms with Crippen molar-refractivity contribution in [3.8, 4) is 11.1 Å². The van der Waals surface area contributed by atoms with Gasteiger partial charge in [-0.25, -0.2) is 0 Å². The van der Waals surface area contributed by atoms with Crippen LogP contribution in [0.4, 0.5) is 0 Å². The Morgan fingerprint density at radius 2 is 0.631 bits per heavy atom. The van der Waals surface area contributed by atoms with Crippen LogP contribution in [0.1, 0.15) is 119 Å². The van der Waals surface area contributed by atoms with Crippen LogP contribution in [0, 0.1) is 52.4 Å². The number of furan rings is 1. The van der Waals surface area contributed by atoms with Gasteiger partial charge >= 0.3 is 0 Å². The summed E-state index contributed by atoms with van der Waals surface area (Å²) in [6.45, 7) is 32.9. The summed E-state index contributed by atoms with van der Waals surface area (Å²) in [6.07, 6.45) is 5.31. The standard InChI is InChI=1S/C15H14.C15H12.C12H8O.C12H8S.C10H8.C9H7N.C7H8.C5H5N.6C2H6.CH3.U/c1-15(2)13-9-5-3-7-11(13)12-8-4-6-10-14(12)15;1-11-10-12-6-2-3-8-14(12)15-9-5-4-7-13(11)15;2*1-3-7-11-9(5-1)10-6-2-4-8-12(10)13-11;1-2-6-10-8-4-3-7-9(10)5-1;1-2-6-9-8(4-1)5-3-7-10-9;1-7-5-3-2-4-6-7;1-2-4-6-5-3-1;6*1-2;;/h3-10H,1-2H3;2-10H,1H3;2*1-8H;1-8H;1-7H;2-6H,1H3;1-5H;6*1-2H3;1H3;/q;;;;;;;;;;;;;;-1;. The van der Waals surface area contributed by atoms with Gasteiger partial charge in [0.05, 0.1) is 5.52 Å². The van der Waals surface area contributed by atoms with Crippen molar-refractivity contribution in [3.05, 3.63) is 382 Å². The second-order valence-electron chi connectivity index (χ2n) is 22.1. The minimum atomic E-state index is 0. The third-order valence-corrected chi connectivity index (χ3v) is 16.9. The number of para-hydroxylation sites is 3. The first kappa shape index (κ1) is 87.5. The van der Waals surface area contributed by atoms with E-state index in [-0.39, 0.29) is 44.0 Å². The summed E-state index contributed by atoms with van der Waals surface area (Å²) in [7, 11) is 0. The first-order valence-electron chi connectivity index (χ1n) is 36.2. The zero-order chi connectivity index (χ0) is 73.0. The van der Waals surface area contributed by atoms with Crippen molar-refractivity contribution < 1.29 is 35.5 Å². The van der Waals surface area contributed by atoms with Crippen molar-refractivity contribution in [1.82, 2.24) is 9.97 Å².